The average molecular weight is 362 g/mol. The number of aromatic nitrogens is 3. The third-order valence-corrected chi connectivity index (χ3v) is 4.26. The minimum atomic E-state index is -0.283. The molecule has 0 radical (unpaired) electrons. The Morgan fingerprint density at radius 1 is 1.15 bits per heavy atom. The zero-order valence-electron chi connectivity index (χ0n) is 15.4. The second kappa shape index (κ2) is 8.40. The highest BCUT2D eigenvalue weighted by Crippen LogP contribution is 2.14. The molecule has 2 heterocycles. The van der Waals surface area contributed by atoms with Crippen molar-refractivity contribution < 1.29 is 4.79 Å². The summed E-state index contributed by atoms with van der Waals surface area (Å²) in [7, 11) is 0. The molecule has 0 fully saturated rings. The summed E-state index contributed by atoms with van der Waals surface area (Å²) in [5.41, 5.74) is 2.40. The molecular formula is C21H22N4O2. The molecule has 0 saturated heterocycles. The summed E-state index contributed by atoms with van der Waals surface area (Å²) in [6.45, 7) is 3.67. The summed E-state index contributed by atoms with van der Waals surface area (Å²) in [6, 6.07) is 15.0. The van der Waals surface area contributed by atoms with Gasteiger partial charge in [0.05, 0.1) is 6.42 Å². The largest absolute Gasteiger partial charge is 0.353 e. The van der Waals surface area contributed by atoms with Gasteiger partial charge in [-0.3, -0.25) is 14.6 Å². The number of H-pyrrole nitrogens is 1. The zero-order chi connectivity index (χ0) is 19.2. The van der Waals surface area contributed by atoms with Crippen LogP contribution in [0, 0.1) is 6.92 Å². The average Bonchev–Trinajstić information content (AvgIpc) is 2.66. The smallest absolute Gasteiger partial charge is 0.255 e. The molecule has 27 heavy (non-hydrogen) atoms. The van der Waals surface area contributed by atoms with Gasteiger partial charge in [0, 0.05) is 41.2 Å². The number of hydrogen-bond donors (Lipinski definition) is 2. The van der Waals surface area contributed by atoms with Gasteiger partial charge in [0.15, 0.2) is 0 Å². The van der Waals surface area contributed by atoms with E-state index in [0.717, 1.165) is 11.3 Å². The van der Waals surface area contributed by atoms with Crippen molar-refractivity contribution in [1.82, 2.24) is 20.3 Å². The predicted octanol–water partition coefficient (Wildman–Crippen LogP) is 2.43. The van der Waals surface area contributed by atoms with Crippen LogP contribution in [0.5, 0.6) is 0 Å². The SMILES string of the molecule is Cc1nc(-c2ccccc2)[nH]c(=O)c1CC(=O)N[C@H](C)Cc1ccccn1. The summed E-state index contributed by atoms with van der Waals surface area (Å²) in [6.07, 6.45) is 2.36. The maximum atomic E-state index is 12.5. The summed E-state index contributed by atoms with van der Waals surface area (Å²) in [4.78, 5) is 36.3. The fourth-order valence-corrected chi connectivity index (χ4v) is 2.92. The van der Waals surface area contributed by atoms with Gasteiger partial charge in [0.2, 0.25) is 5.91 Å². The van der Waals surface area contributed by atoms with E-state index in [-0.39, 0.29) is 23.9 Å². The van der Waals surface area contributed by atoms with Crippen molar-refractivity contribution >= 4 is 5.91 Å². The number of nitrogens with zero attached hydrogens (tertiary/aromatic N) is 2. The van der Waals surface area contributed by atoms with Crippen LogP contribution < -0.4 is 10.9 Å². The second-order valence-electron chi connectivity index (χ2n) is 6.52. The van der Waals surface area contributed by atoms with Crippen LogP contribution in [0.15, 0.2) is 59.5 Å². The molecule has 138 valence electrons. The summed E-state index contributed by atoms with van der Waals surface area (Å²) < 4.78 is 0. The van der Waals surface area contributed by atoms with E-state index >= 15 is 0 Å². The lowest BCUT2D eigenvalue weighted by atomic mass is 10.1. The second-order valence-corrected chi connectivity index (χ2v) is 6.52. The van der Waals surface area contributed by atoms with Crippen LogP contribution in [0.1, 0.15) is 23.9 Å². The van der Waals surface area contributed by atoms with E-state index in [1.54, 1.807) is 13.1 Å². The van der Waals surface area contributed by atoms with Crippen molar-refractivity contribution in [1.29, 1.82) is 0 Å². The van der Waals surface area contributed by atoms with E-state index in [9.17, 15) is 9.59 Å². The molecule has 0 saturated carbocycles. The molecule has 1 aromatic carbocycles. The van der Waals surface area contributed by atoms with Crippen molar-refractivity contribution in [2.45, 2.75) is 32.7 Å². The Morgan fingerprint density at radius 3 is 2.56 bits per heavy atom. The molecule has 0 unspecified atom stereocenters. The molecule has 0 aliphatic rings. The maximum Gasteiger partial charge on any atom is 0.255 e. The normalized spacial score (nSPS) is 11.8. The van der Waals surface area contributed by atoms with Crippen molar-refractivity contribution in [2.75, 3.05) is 0 Å². The molecule has 6 heteroatoms. The van der Waals surface area contributed by atoms with Crippen LogP contribution in [-0.2, 0) is 17.6 Å². The number of carbonyl (C=O) groups excluding carboxylic acids is 1. The Hall–Kier alpha value is -3.28. The number of carbonyl (C=O) groups is 1. The minimum Gasteiger partial charge on any atom is -0.353 e. The van der Waals surface area contributed by atoms with Gasteiger partial charge in [-0.05, 0) is 26.0 Å². The summed E-state index contributed by atoms with van der Waals surface area (Å²) >= 11 is 0. The number of pyridine rings is 1. The summed E-state index contributed by atoms with van der Waals surface area (Å²) in [5.74, 6) is 0.298. The Morgan fingerprint density at radius 2 is 1.89 bits per heavy atom. The number of benzene rings is 1. The Labute approximate surface area is 157 Å². The van der Waals surface area contributed by atoms with E-state index in [2.05, 4.69) is 20.3 Å². The number of rotatable bonds is 6. The lowest BCUT2D eigenvalue weighted by Crippen LogP contribution is -2.36. The molecule has 0 bridgehead atoms. The first kappa shape index (κ1) is 18.5. The molecule has 6 nitrogen and oxygen atoms in total. The van der Waals surface area contributed by atoms with Gasteiger partial charge in [-0.2, -0.15) is 0 Å². The number of hydrogen-bond acceptors (Lipinski definition) is 4. The first-order valence-corrected chi connectivity index (χ1v) is 8.87. The van der Waals surface area contributed by atoms with Gasteiger partial charge in [0.25, 0.3) is 5.56 Å². The lowest BCUT2D eigenvalue weighted by molar-refractivity contribution is -0.121. The van der Waals surface area contributed by atoms with Crippen molar-refractivity contribution in [3.05, 3.63) is 82.0 Å². The number of amides is 1. The zero-order valence-corrected chi connectivity index (χ0v) is 15.4. The molecular weight excluding hydrogens is 340 g/mol. The van der Waals surface area contributed by atoms with E-state index < -0.39 is 0 Å². The van der Waals surface area contributed by atoms with Gasteiger partial charge in [-0.15, -0.1) is 0 Å². The van der Waals surface area contributed by atoms with Crippen LogP contribution >= 0.6 is 0 Å². The van der Waals surface area contributed by atoms with E-state index in [0.29, 0.717) is 23.5 Å². The van der Waals surface area contributed by atoms with Gasteiger partial charge in [0.1, 0.15) is 5.82 Å². The third-order valence-electron chi connectivity index (χ3n) is 4.26. The van der Waals surface area contributed by atoms with Crippen LogP contribution in [0.4, 0.5) is 0 Å². The molecule has 1 amide bonds. The van der Waals surface area contributed by atoms with Gasteiger partial charge >= 0.3 is 0 Å². The number of aryl methyl sites for hydroxylation is 1. The van der Waals surface area contributed by atoms with Gasteiger partial charge in [-0.25, -0.2) is 4.98 Å². The fourth-order valence-electron chi connectivity index (χ4n) is 2.92. The molecule has 1 atom stereocenters. The standard InChI is InChI=1S/C21H22N4O2/c1-14(12-17-10-6-7-11-22-17)23-19(26)13-18-15(2)24-20(25-21(18)27)16-8-4-3-5-9-16/h3-11,14H,12-13H2,1-2H3,(H,23,26)(H,24,25,27)/t14-/m1/s1. The first-order valence-electron chi connectivity index (χ1n) is 8.87. The number of aromatic amines is 1. The highest BCUT2D eigenvalue weighted by Gasteiger charge is 2.15. The molecule has 0 spiro atoms. The van der Waals surface area contributed by atoms with Crippen LogP contribution in [-0.4, -0.2) is 26.9 Å². The Bertz CT molecular complexity index is 968. The maximum absolute atomic E-state index is 12.5. The highest BCUT2D eigenvalue weighted by molar-refractivity contribution is 5.79. The molecule has 0 aliphatic carbocycles. The molecule has 3 aromatic rings. The quantitative estimate of drug-likeness (QED) is 0.705. The van der Waals surface area contributed by atoms with E-state index in [4.69, 9.17) is 0 Å². The van der Waals surface area contributed by atoms with Crippen LogP contribution in [0.3, 0.4) is 0 Å². The number of nitrogens with one attached hydrogen (secondary N) is 2. The predicted molar refractivity (Wildman–Crippen MR) is 104 cm³/mol. The van der Waals surface area contributed by atoms with Crippen LogP contribution in [0.25, 0.3) is 11.4 Å². The van der Waals surface area contributed by atoms with Crippen molar-refractivity contribution in [3.63, 3.8) is 0 Å². The monoisotopic (exact) mass is 362 g/mol. The summed E-state index contributed by atoms with van der Waals surface area (Å²) in [5, 5.41) is 2.92. The lowest BCUT2D eigenvalue weighted by Gasteiger charge is -2.14. The Kier molecular flexibility index (Phi) is 5.76. The topological polar surface area (TPSA) is 87.7 Å². The van der Waals surface area contributed by atoms with E-state index in [1.807, 2.05) is 55.5 Å². The van der Waals surface area contributed by atoms with Crippen molar-refractivity contribution in [3.8, 4) is 11.4 Å². The third kappa shape index (κ3) is 4.88. The van der Waals surface area contributed by atoms with Gasteiger partial charge < -0.3 is 10.3 Å². The van der Waals surface area contributed by atoms with E-state index in [1.165, 1.54) is 0 Å². The minimum absolute atomic E-state index is 0.00417. The van der Waals surface area contributed by atoms with Gasteiger partial charge in [-0.1, -0.05) is 36.4 Å². The molecule has 3 rings (SSSR count). The molecule has 2 aromatic heterocycles. The van der Waals surface area contributed by atoms with Crippen molar-refractivity contribution in [2.24, 2.45) is 0 Å². The first-order chi connectivity index (χ1) is 13.0. The Balaban J connectivity index is 1.68. The highest BCUT2D eigenvalue weighted by atomic mass is 16.2. The van der Waals surface area contributed by atoms with Crippen LogP contribution in [0.2, 0.25) is 0 Å². The molecule has 2 N–H and O–H groups in total. The fraction of sp³-hybridized carbons (Fsp3) is 0.238. The molecule has 0 aliphatic heterocycles.